The van der Waals surface area contributed by atoms with E-state index < -0.39 is 36.9 Å². The summed E-state index contributed by atoms with van der Waals surface area (Å²) in [6.07, 6.45) is -3.94. The van der Waals surface area contributed by atoms with Gasteiger partial charge in [0.1, 0.15) is 18.2 Å². The molecule has 0 spiro atoms. The Kier molecular flexibility index (Phi) is 5.63. The SMILES string of the molecule is O=C(O)C1CSC(CC(O)C(O)C(O)CO)N1. The monoisotopic (exact) mass is 267 g/mol. The summed E-state index contributed by atoms with van der Waals surface area (Å²) in [4.78, 5) is 10.7. The van der Waals surface area contributed by atoms with E-state index in [2.05, 4.69) is 5.32 Å². The Labute approximate surface area is 102 Å². The first kappa shape index (κ1) is 14.7. The van der Waals surface area contributed by atoms with Gasteiger partial charge >= 0.3 is 5.97 Å². The van der Waals surface area contributed by atoms with Crippen molar-refractivity contribution in [2.24, 2.45) is 0 Å². The second kappa shape index (κ2) is 6.53. The zero-order chi connectivity index (χ0) is 13.0. The molecule has 1 rings (SSSR count). The van der Waals surface area contributed by atoms with Gasteiger partial charge in [-0.1, -0.05) is 0 Å². The minimum Gasteiger partial charge on any atom is -0.480 e. The van der Waals surface area contributed by atoms with Crippen LogP contribution in [0.5, 0.6) is 0 Å². The van der Waals surface area contributed by atoms with Gasteiger partial charge < -0.3 is 25.5 Å². The number of nitrogens with one attached hydrogen (secondary N) is 1. The average molecular weight is 267 g/mol. The van der Waals surface area contributed by atoms with Crippen LogP contribution in [-0.2, 0) is 4.79 Å². The maximum absolute atomic E-state index is 10.7. The van der Waals surface area contributed by atoms with Gasteiger partial charge in [-0.3, -0.25) is 10.1 Å². The van der Waals surface area contributed by atoms with Gasteiger partial charge in [0.2, 0.25) is 0 Å². The van der Waals surface area contributed by atoms with Gasteiger partial charge in [0, 0.05) is 12.2 Å². The zero-order valence-corrected chi connectivity index (χ0v) is 9.88. The largest absolute Gasteiger partial charge is 0.480 e. The van der Waals surface area contributed by atoms with Gasteiger partial charge in [-0.2, -0.15) is 0 Å². The predicted molar refractivity (Wildman–Crippen MR) is 60.5 cm³/mol. The molecule has 6 N–H and O–H groups in total. The third kappa shape index (κ3) is 4.09. The topological polar surface area (TPSA) is 130 Å². The molecule has 1 aliphatic rings. The number of hydrogen-bond acceptors (Lipinski definition) is 7. The van der Waals surface area contributed by atoms with Gasteiger partial charge in [0.05, 0.1) is 18.1 Å². The number of carboxylic acids is 1. The highest BCUT2D eigenvalue weighted by Crippen LogP contribution is 2.23. The number of aliphatic hydroxyl groups is 4. The summed E-state index contributed by atoms with van der Waals surface area (Å²) in [5, 5.41) is 48.0. The highest BCUT2D eigenvalue weighted by atomic mass is 32.2. The van der Waals surface area contributed by atoms with Gasteiger partial charge in [0.15, 0.2) is 0 Å². The lowest BCUT2D eigenvalue weighted by Crippen LogP contribution is -2.43. The quantitative estimate of drug-likeness (QED) is 0.313. The third-order valence-electron chi connectivity index (χ3n) is 2.58. The number of hydrogen-bond donors (Lipinski definition) is 6. The summed E-state index contributed by atoms with van der Waals surface area (Å²) in [6.45, 7) is -0.638. The number of aliphatic hydroxyl groups excluding tert-OH is 4. The molecule has 0 bridgehead atoms. The van der Waals surface area contributed by atoms with Crippen LogP contribution in [0.15, 0.2) is 0 Å². The predicted octanol–water partition coefficient (Wildman–Crippen LogP) is -2.43. The Balaban J connectivity index is 2.37. The fraction of sp³-hybridized carbons (Fsp3) is 0.889. The second-order valence-corrected chi connectivity index (χ2v) is 5.16. The number of thioether (sulfide) groups is 1. The molecule has 8 heteroatoms. The van der Waals surface area contributed by atoms with Crippen molar-refractivity contribution in [3.8, 4) is 0 Å². The minimum absolute atomic E-state index is 0.104. The average Bonchev–Trinajstić information content (AvgIpc) is 2.75. The van der Waals surface area contributed by atoms with E-state index in [0.29, 0.717) is 5.75 Å². The van der Waals surface area contributed by atoms with Crippen LogP contribution in [0.2, 0.25) is 0 Å². The van der Waals surface area contributed by atoms with Crippen molar-refractivity contribution >= 4 is 17.7 Å². The van der Waals surface area contributed by atoms with Crippen LogP contribution in [0.4, 0.5) is 0 Å². The summed E-state index contributed by atoms with van der Waals surface area (Å²) in [5.74, 6) is -0.559. The lowest BCUT2D eigenvalue weighted by Gasteiger charge is -2.23. The Morgan fingerprint density at radius 2 is 2.00 bits per heavy atom. The van der Waals surface area contributed by atoms with Crippen molar-refractivity contribution in [3.63, 3.8) is 0 Å². The zero-order valence-electron chi connectivity index (χ0n) is 9.06. The lowest BCUT2D eigenvalue weighted by molar-refractivity contribution is -0.138. The van der Waals surface area contributed by atoms with E-state index in [9.17, 15) is 15.0 Å². The van der Waals surface area contributed by atoms with Gasteiger partial charge in [0.25, 0.3) is 0 Å². The highest BCUT2D eigenvalue weighted by molar-refractivity contribution is 8.00. The standard InChI is InChI=1S/C9H17NO6S/c11-2-6(13)8(14)5(12)1-7-10-4(3-17-7)9(15)16/h4-8,10-14H,1-3H2,(H,15,16). The molecular formula is C9H17NO6S. The van der Waals surface area contributed by atoms with E-state index in [1.807, 2.05) is 0 Å². The van der Waals surface area contributed by atoms with E-state index in [1.54, 1.807) is 0 Å². The molecule has 1 heterocycles. The van der Waals surface area contributed by atoms with Crippen LogP contribution in [0.3, 0.4) is 0 Å². The Morgan fingerprint density at radius 3 is 2.47 bits per heavy atom. The summed E-state index contributed by atoms with van der Waals surface area (Å²) in [5.41, 5.74) is 0. The normalized spacial score (nSPS) is 29.9. The molecule has 1 saturated heterocycles. The number of carboxylic acid groups (broad SMARTS) is 1. The molecule has 17 heavy (non-hydrogen) atoms. The maximum Gasteiger partial charge on any atom is 0.321 e. The van der Waals surface area contributed by atoms with Crippen molar-refractivity contribution in [1.29, 1.82) is 0 Å². The van der Waals surface area contributed by atoms with Crippen LogP contribution in [0, 0.1) is 0 Å². The van der Waals surface area contributed by atoms with Crippen molar-refractivity contribution in [1.82, 2.24) is 5.32 Å². The lowest BCUT2D eigenvalue weighted by atomic mass is 10.1. The molecule has 7 nitrogen and oxygen atoms in total. The molecule has 0 saturated carbocycles. The molecular weight excluding hydrogens is 250 g/mol. The molecule has 0 aromatic rings. The highest BCUT2D eigenvalue weighted by Gasteiger charge is 2.33. The first-order chi connectivity index (χ1) is 7.95. The second-order valence-electron chi connectivity index (χ2n) is 3.92. The molecule has 5 unspecified atom stereocenters. The Hall–Kier alpha value is -0.380. The third-order valence-corrected chi connectivity index (χ3v) is 3.84. The molecule has 100 valence electrons. The van der Waals surface area contributed by atoms with Crippen molar-refractivity contribution in [2.45, 2.75) is 36.1 Å². The van der Waals surface area contributed by atoms with Crippen LogP contribution >= 0.6 is 11.8 Å². The Bertz CT molecular complexity index is 266. The van der Waals surface area contributed by atoms with E-state index in [0.717, 1.165) is 0 Å². The molecule has 0 aromatic heterocycles. The Morgan fingerprint density at radius 1 is 1.35 bits per heavy atom. The van der Waals surface area contributed by atoms with Gasteiger partial charge in [-0.25, -0.2) is 0 Å². The summed E-state index contributed by atoms with van der Waals surface area (Å²) in [7, 11) is 0. The van der Waals surface area contributed by atoms with Crippen LogP contribution in [0.1, 0.15) is 6.42 Å². The molecule has 0 aliphatic carbocycles. The van der Waals surface area contributed by atoms with E-state index >= 15 is 0 Å². The van der Waals surface area contributed by atoms with Crippen LogP contribution in [-0.4, -0.2) is 73.6 Å². The molecule has 0 radical (unpaired) electrons. The van der Waals surface area contributed by atoms with Crippen LogP contribution in [0.25, 0.3) is 0 Å². The van der Waals surface area contributed by atoms with Gasteiger partial charge in [-0.15, -0.1) is 11.8 Å². The fourth-order valence-electron chi connectivity index (χ4n) is 1.53. The molecule has 0 aromatic carbocycles. The van der Waals surface area contributed by atoms with E-state index in [-0.39, 0.29) is 11.8 Å². The maximum atomic E-state index is 10.7. The summed E-state index contributed by atoms with van der Waals surface area (Å²) < 4.78 is 0. The van der Waals surface area contributed by atoms with Gasteiger partial charge in [-0.05, 0) is 0 Å². The number of carbonyl (C=O) groups is 1. The first-order valence-electron chi connectivity index (χ1n) is 5.21. The van der Waals surface area contributed by atoms with Crippen LogP contribution < -0.4 is 5.32 Å². The smallest absolute Gasteiger partial charge is 0.321 e. The fourth-order valence-corrected chi connectivity index (χ4v) is 2.79. The minimum atomic E-state index is -1.44. The number of aliphatic carboxylic acids is 1. The molecule has 5 atom stereocenters. The number of rotatable bonds is 6. The van der Waals surface area contributed by atoms with E-state index in [4.69, 9.17) is 15.3 Å². The van der Waals surface area contributed by atoms with Crippen molar-refractivity contribution in [2.75, 3.05) is 12.4 Å². The van der Waals surface area contributed by atoms with Crippen molar-refractivity contribution in [3.05, 3.63) is 0 Å². The summed E-state index contributed by atoms with van der Waals surface area (Å²) >= 11 is 1.34. The molecule has 1 fully saturated rings. The van der Waals surface area contributed by atoms with E-state index in [1.165, 1.54) is 11.8 Å². The van der Waals surface area contributed by atoms with Crippen molar-refractivity contribution < 1.29 is 30.3 Å². The first-order valence-corrected chi connectivity index (χ1v) is 6.26. The molecule has 0 amide bonds. The molecule has 1 aliphatic heterocycles. The summed E-state index contributed by atoms with van der Waals surface area (Å²) in [6, 6.07) is -0.655.